The van der Waals surface area contributed by atoms with Gasteiger partial charge in [0.25, 0.3) is 0 Å². The maximum atomic E-state index is 6.08. The molecule has 0 aromatic heterocycles. The van der Waals surface area contributed by atoms with Crippen LogP contribution in [0.1, 0.15) is 55.9 Å². The molecule has 0 saturated carbocycles. The Labute approximate surface area is 153 Å². The SMILES string of the molecule is CCCc1ccc(OCCC(C)Oc2ccc(CC)cc2C)cc1C. The molecule has 2 nitrogen and oxygen atoms in total. The Bertz CT molecular complexity index is 676. The summed E-state index contributed by atoms with van der Waals surface area (Å²) in [6, 6.07) is 12.8. The predicted octanol–water partition coefficient (Wildman–Crippen LogP) is 6.05. The van der Waals surface area contributed by atoms with Crippen LogP contribution in [-0.4, -0.2) is 12.7 Å². The Morgan fingerprint density at radius 3 is 2.40 bits per heavy atom. The summed E-state index contributed by atoms with van der Waals surface area (Å²) in [5.41, 5.74) is 5.28. The second-order valence-corrected chi connectivity index (χ2v) is 6.86. The van der Waals surface area contributed by atoms with Crippen LogP contribution in [0.3, 0.4) is 0 Å². The van der Waals surface area contributed by atoms with E-state index >= 15 is 0 Å². The molecule has 0 fully saturated rings. The first kappa shape index (κ1) is 19.4. The third kappa shape index (κ3) is 5.81. The van der Waals surface area contributed by atoms with Crippen molar-refractivity contribution in [2.75, 3.05) is 6.61 Å². The highest BCUT2D eigenvalue weighted by molar-refractivity contribution is 5.36. The van der Waals surface area contributed by atoms with Gasteiger partial charge in [-0.3, -0.25) is 0 Å². The quantitative estimate of drug-likeness (QED) is 0.553. The average Bonchev–Trinajstić information content (AvgIpc) is 2.59. The molecular formula is C23H32O2. The van der Waals surface area contributed by atoms with Crippen LogP contribution < -0.4 is 9.47 Å². The molecule has 25 heavy (non-hydrogen) atoms. The van der Waals surface area contributed by atoms with E-state index < -0.39 is 0 Å². The van der Waals surface area contributed by atoms with Gasteiger partial charge >= 0.3 is 0 Å². The molecule has 2 rings (SSSR count). The summed E-state index contributed by atoms with van der Waals surface area (Å²) in [5.74, 6) is 1.93. The van der Waals surface area contributed by atoms with E-state index in [4.69, 9.17) is 9.47 Å². The summed E-state index contributed by atoms with van der Waals surface area (Å²) in [4.78, 5) is 0. The largest absolute Gasteiger partial charge is 0.493 e. The second-order valence-electron chi connectivity index (χ2n) is 6.86. The number of hydrogen-bond acceptors (Lipinski definition) is 2. The van der Waals surface area contributed by atoms with Crippen LogP contribution in [0.25, 0.3) is 0 Å². The smallest absolute Gasteiger partial charge is 0.122 e. The number of aryl methyl sites for hydroxylation is 4. The minimum absolute atomic E-state index is 0.131. The van der Waals surface area contributed by atoms with Gasteiger partial charge in [0.15, 0.2) is 0 Å². The van der Waals surface area contributed by atoms with Gasteiger partial charge in [0.2, 0.25) is 0 Å². The highest BCUT2D eigenvalue weighted by Gasteiger charge is 2.08. The standard InChI is InChI=1S/C23H32O2/c1-6-8-21-10-11-22(16-17(21)3)24-14-13-19(5)25-23-12-9-20(7-2)15-18(23)4/h9-12,15-16,19H,6-8,13-14H2,1-5H3. The molecule has 2 aromatic carbocycles. The average molecular weight is 341 g/mol. The minimum Gasteiger partial charge on any atom is -0.493 e. The Balaban J connectivity index is 1.82. The van der Waals surface area contributed by atoms with Crippen molar-refractivity contribution >= 4 is 0 Å². The number of ether oxygens (including phenoxy) is 2. The zero-order valence-electron chi connectivity index (χ0n) is 16.4. The van der Waals surface area contributed by atoms with Gasteiger partial charge in [0.05, 0.1) is 12.7 Å². The molecule has 0 heterocycles. The molecule has 0 N–H and O–H groups in total. The lowest BCUT2D eigenvalue weighted by Gasteiger charge is -2.17. The van der Waals surface area contributed by atoms with Crippen LogP contribution in [0.5, 0.6) is 11.5 Å². The third-order valence-corrected chi connectivity index (χ3v) is 4.60. The molecule has 1 unspecified atom stereocenters. The lowest BCUT2D eigenvalue weighted by atomic mass is 10.0. The summed E-state index contributed by atoms with van der Waals surface area (Å²) in [7, 11) is 0. The van der Waals surface area contributed by atoms with Crippen molar-refractivity contribution in [2.45, 2.75) is 66.4 Å². The highest BCUT2D eigenvalue weighted by atomic mass is 16.5. The van der Waals surface area contributed by atoms with Gasteiger partial charge in [0.1, 0.15) is 11.5 Å². The van der Waals surface area contributed by atoms with E-state index in [-0.39, 0.29) is 6.10 Å². The fourth-order valence-corrected chi connectivity index (χ4v) is 2.99. The Morgan fingerprint density at radius 1 is 0.960 bits per heavy atom. The first-order chi connectivity index (χ1) is 12.0. The summed E-state index contributed by atoms with van der Waals surface area (Å²) in [6.45, 7) is 11.4. The maximum Gasteiger partial charge on any atom is 0.122 e. The molecule has 1 atom stereocenters. The lowest BCUT2D eigenvalue weighted by molar-refractivity contribution is 0.176. The molecule has 0 bridgehead atoms. The third-order valence-electron chi connectivity index (χ3n) is 4.60. The molecule has 0 aliphatic rings. The number of hydrogen-bond donors (Lipinski definition) is 0. The fraction of sp³-hybridized carbons (Fsp3) is 0.478. The first-order valence-corrected chi connectivity index (χ1v) is 9.52. The summed E-state index contributed by atoms with van der Waals surface area (Å²) < 4.78 is 12.0. The molecule has 136 valence electrons. The van der Waals surface area contributed by atoms with Crippen LogP contribution >= 0.6 is 0 Å². The first-order valence-electron chi connectivity index (χ1n) is 9.52. The van der Waals surface area contributed by atoms with Crippen molar-refractivity contribution in [2.24, 2.45) is 0 Å². The molecule has 2 heteroatoms. The van der Waals surface area contributed by atoms with Crippen LogP contribution in [0.4, 0.5) is 0 Å². The molecule has 0 aliphatic heterocycles. The Hall–Kier alpha value is -1.96. The van der Waals surface area contributed by atoms with E-state index in [0.29, 0.717) is 6.61 Å². The summed E-state index contributed by atoms with van der Waals surface area (Å²) >= 11 is 0. The van der Waals surface area contributed by atoms with Crippen LogP contribution in [-0.2, 0) is 12.8 Å². The zero-order chi connectivity index (χ0) is 18.2. The van der Waals surface area contributed by atoms with E-state index in [1.165, 1.54) is 28.7 Å². The van der Waals surface area contributed by atoms with Crippen molar-refractivity contribution < 1.29 is 9.47 Å². The molecule has 0 radical (unpaired) electrons. The topological polar surface area (TPSA) is 18.5 Å². The second kappa shape index (κ2) is 9.50. The molecular weight excluding hydrogens is 308 g/mol. The van der Waals surface area contributed by atoms with Gasteiger partial charge < -0.3 is 9.47 Å². The van der Waals surface area contributed by atoms with Crippen molar-refractivity contribution in [3.8, 4) is 11.5 Å². The van der Waals surface area contributed by atoms with Gasteiger partial charge in [-0.05, 0) is 74.1 Å². The lowest BCUT2D eigenvalue weighted by Crippen LogP contribution is -2.16. The van der Waals surface area contributed by atoms with Crippen LogP contribution in [0.2, 0.25) is 0 Å². The number of rotatable bonds is 9. The van der Waals surface area contributed by atoms with E-state index in [1.807, 2.05) is 0 Å². The fourth-order valence-electron chi connectivity index (χ4n) is 2.99. The molecule has 0 aliphatic carbocycles. The van der Waals surface area contributed by atoms with Gasteiger partial charge in [0, 0.05) is 6.42 Å². The predicted molar refractivity (Wildman–Crippen MR) is 106 cm³/mol. The molecule has 0 spiro atoms. The summed E-state index contributed by atoms with van der Waals surface area (Å²) in [6.07, 6.45) is 4.36. The van der Waals surface area contributed by atoms with E-state index in [9.17, 15) is 0 Å². The van der Waals surface area contributed by atoms with Gasteiger partial charge in [-0.15, -0.1) is 0 Å². The molecule has 0 saturated heterocycles. The Kier molecular flexibility index (Phi) is 7.36. The van der Waals surface area contributed by atoms with Gasteiger partial charge in [-0.1, -0.05) is 38.5 Å². The van der Waals surface area contributed by atoms with Gasteiger partial charge in [-0.25, -0.2) is 0 Å². The van der Waals surface area contributed by atoms with Crippen molar-refractivity contribution in [3.63, 3.8) is 0 Å². The van der Waals surface area contributed by atoms with Crippen molar-refractivity contribution in [1.29, 1.82) is 0 Å². The molecule has 2 aromatic rings. The van der Waals surface area contributed by atoms with Crippen LogP contribution in [0.15, 0.2) is 36.4 Å². The summed E-state index contributed by atoms with van der Waals surface area (Å²) in [5, 5.41) is 0. The molecule has 0 amide bonds. The van der Waals surface area contributed by atoms with Crippen LogP contribution in [0, 0.1) is 13.8 Å². The minimum atomic E-state index is 0.131. The monoisotopic (exact) mass is 340 g/mol. The highest BCUT2D eigenvalue weighted by Crippen LogP contribution is 2.22. The zero-order valence-corrected chi connectivity index (χ0v) is 16.4. The van der Waals surface area contributed by atoms with E-state index in [0.717, 1.165) is 30.8 Å². The normalized spacial score (nSPS) is 12.0. The Morgan fingerprint density at radius 2 is 1.76 bits per heavy atom. The van der Waals surface area contributed by atoms with Crippen molar-refractivity contribution in [1.82, 2.24) is 0 Å². The van der Waals surface area contributed by atoms with E-state index in [1.54, 1.807) is 0 Å². The van der Waals surface area contributed by atoms with E-state index in [2.05, 4.69) is 71.0 Å². The van der Waals surface area contributed by atoms with Crippen molar-refractivity contribution in [3.05, 3.63) is 58.7 Å². The van der Waals surface area contributed by atoms with Gasteiger partial charge in [-0.2, -0.15) is 0 Å². The number of benzene rings is 2. The maximum absolute atomic E-state index is 6.08.